The lowest BCUT2D eigenvalue weighted by atomic mass is 9.95. The van der Waals surface area contributed by atoms with Gasteiger partial charge in [0.1, 0.15) is 5.60 Å². The van der Waals surface area contributed by atoms with Crippen molar-refractivity contribution < 1.29 is 9.53 Å². The summed E-state index contributed by atoms with van der Waals surface area (Å²) in [6.07, 6.45) is 4.93. The summed E-state index contributed by atoms with van der Waals surface area (Å²) in [5, 5.41) is 6.59. The zero-order valence-electron chi connectivity index (χ0n) is 12.7. The van der Waals surface area contributed by atoms with Crippen molar-refractivity contribution in [1.82, 2.24) is 10.6 Å². The molecular weight excluding hydrogens is 240 g/mol. The second kappa shape index (κ2) is 5.31. The van der Waals surface area contributed by atoms with Crippen molar-refractivity contribution in [2.24, 2.45) is 11.8 Å². The van der Waals surface area contributed by atoms with E-state index in [0.717, 1.165) is 12.5 Å². The highest BCUT2D eigenvalue weighted by Crippen LogP contribution is 2.40. The fourth-order valence-corrected chi connectivity index (χ4v) is 2.34. The maximum absolute atomic E-state index is 11.7. The van der Waals surface area contributed by atoms with E-state index in [1.165, 1.54) is 25.7 Å². The second-order valence-corrected chi connectivity index (χ2v) is 7.37. The molecule has 1 amide bonds. The summed E-state index contributed by atoms with van der Waals surface area (Å²) in [4.78, 5) is 11.7. The Hall–Kier alpha value is -0.770. The van der Waals surface area contributed by atoms with E-state index in [9.17, 15) is 4.79 Å². The zero-order valence-corrected chi connectivity index (χ0v) is 12.7. The van der Waals surface area contributed by atoms with Crippen molar-refractivity contribution in [3.05, 3.63) is 0 Å². The van der Waals surface area contributed by atoms with Crippen LogP contribution in [-0.4, -0.2) is 30.3 Å². The van der Waals surface area contributed by atoms with Crippen molar-refractivity contribution in [3.8, 4) is 0 Å². The van der Waals surface area contributed by atoms with E-state index >= 15 is 0 Å². The molecule has 2 N–H and O–H groups in total. The van der Waals surface area contributed by atoms with E-state index in [-0.39, 0.29) is 11.6 Å². The Balaban J connectivity index is 1.77. The minimum atomic E-state index is -0.429. The van der Waals surface area contributed by atoms with E-state index in [0.29, 0.717) is 12.5 Å². The van der Waals surface area contributed by atoms with Crippen molar-refractivity contribution >= 4 is 6.09 Å². The number of alkyl carbamates (subject to hydrolysis) is 1. The smallest absolute Gasteiger partial charge is 0.407 e. The third kappa shape index (κ3) is 5.01. The van der Waals surface area contributed by atoms with Gasteiger partial charge in [-0.15, -0.1) is 0 Å². The number of amides is 1. The molecule has 110 valence electrons. The van der Waals surface area contributed by atoms with E-state index in [4.69, 9.17) is 4.74 Å². The molecule has 1 atom stereocenters. The fourth-order valence-electron chi connectivity index (χ4n) is 2.34. The summed E-state index contributed by atoms with van der Waals surface area (Å²) >= 11 is 0. The molecule has 2 saturated carbocycles. The largest absolute Gasteiger partial charge is 0.444 e. The Bertz CT molecular complexity index is 330. The Labute approximate surface area is 116 Å². The van der Waals surface area contributed by atoms with Crippen LogP contribution in [0, 0.1) is 11.8 Å². The number of ether oxygens (including phenoxy) is 1. The summed E-state index contributed by atoms with van der Waals surface area (Å²) in [5.41, 5.74) is -0.402. The molecule has 19 heavy (non-hydrogen) atoms. The van der Waals surface area contributed by atoms with Gasteiger partial charge in [-0.25, -0.2) is 4.79 Å². The van der Waals surface area contributed by atoms with Crippen LogP contribution in [0.4, 0.5) is 4.79 Å². The van der Waals surface area contributed by atoms with Crippen LogP contribution < -0.4 is 10.6 Å². The number of carbonyl (C=O) groups is 1. The monoisotopic (exact) mass is 268 g/mol. The maximum atomic E-state index is 11.7. The molecule has 1 unspecified atom stereocenters. The van der Waals surface area contributed by atoms with Crippen LogP contribution in [0.2, 0.25) is 0 Å². The van der Waals surface area contributed by atoms with Crippen LogP contribution in [-0.2, 0) is 4.74 Å². The fraction of sp³-hybridized carbons (Fsp3) is 0.933. The molecule has 0 spiro atoms. The summed E-state index contributed by atoms with van der Waals surface area (Å²) in [5.74, 6) is 1.56. The third-order valence-electron chi connectivity index (χ3n) is 3.97. The molecule has 0 radical (unpaired) electrons. The van der Waals surface area contributed by atoms with Gasteiger partial charge in [0.15, 0.2) is 0 Å². The summed E-state index contributed by atoms with van der Waals surface area (Å²) < 4.78 is 5.29. The molecule has 4 heteroatoms. The second-order valence-electron chi connectivity index (χ2n) is 7.37. The molecule has 0 aromatic heterocycles. The first-order valence-corrected chi connectivity index (χ1v) is 7.50. The lowest BCUT2D eigenvalue weighted by molar-refractivity contribution is 0.0508. The molecule has 0 aromatic rings. The first-order valence-electron chi connectivity index (χ1n) is 7.50. The topological polar surface area (TPSA) is 50.4 Å². The molecule has 2 rings (SSSR count). The predicted octanol–water partition coefficient (Wildman–Crippen LogP) is 2.68. The average molecular weight is 268 g/mol. The van der Waals surface area contributed by atoms with E-state index in [1.807, 2.05) is 20.8 Å². The third-order valence-corrected chi connectivity index (χ3v) is 3.97. The highest BCUT2D eigenvalue weighted by Gasteiger charge is 2.42. The molecular formula is C15H28N2O2. The van der Waals surface area contributed by atoms with Gasteiger partial charge in [-0.1, -0.05) is 0 Å². The predicted molar refractivity (Wildman–Crippen MR) is 76.1 cm³/mol. The Morgan fingerprint density at radius 3 is 2.26 bits per heavy atom. The minimum Gasteiger partial charge on any atom is -0.444 e. The van der Waals surface area contributed by atoms with Crippen molar-refractivity contribution in [2.45, 2.75) is 64.5 Å². The van der Waals surface area contributed by atoms with Crippen molar-refractivity contribution in [2.75, 3.05) is 13.1 Å². The quantitative estimate of drug-likeness (QED) is 0.778. The molecule has 0 saturated heterocycles. The molecule has 4 nitrogen and oxygen atoms in total. The van der Waals surface area contributed by atoms with Gasteiger partial charge in [-0.3, -0.25) is 0 Å². The average Bonchev–Trinajstić information content (AvgIpc) is 3.15. The Kier molecular flexibility index (Phi) is 4.09. The zero-order chi connectivity index (χ0) is 14.1. The maximum Gasteiger partial charge on any atom is 0.407 e. The van der Waals surface area contributed by atoms with Crippen LogP contribution >= 0.6 is 0 Å². The van der Waals surface area contributed by atoms with Gasteiger partial charge in [-0.05, 0) is 71.8 Å². The van der Waals surface area contributed by atoms with E-state index < -0.39 is 5.60 Å². The Morgan fingerprint density at radius 1 is 1.16 bits per heavy atom. The standard InChI is InChI=1S/C15H28N2O2/c1-14(2,3)19-13(18)16-10-15(4,12-7-8-12)17-9-11-5-6-11/h11-12,17H,5-10H2,1-4H3,(H,16,18). The van der Waals surface area contributed by atoms with Gasteiger partial charge < -0.3 is 15.4 Å². The normalized spacial score (nSPS) is 22.7. The molecule has 0 aliphatic heterocycles. The highest BCUT2D eigenvalue weighted by atomic mass is 16.6. The van der Waals surface area contributed by atoms with Gasteiger partial charge in [0, 0.05) is 12.1 Å². The van der Waals surface area contributed by atoms with Crippen LogP contribution in [0.3, 0.4) is 0 Å². The number of hydrogen-bond acceptors (Lipinski definition) is 3. The van der Waals surface area contributed by atoms with E-state index in [1.54, 1.807) is 0 Å². The van der Waals surface area contributed by atoms with Gasteiger partial charge >= 0.3 is 6.09 Å². The van der Waals surface area contributed by atoms with Crippen LogP contribution in [0.5, 0.6) is 0 Å². The lowest BCUT2D eigenvalue weighted by Crippen LogP contribution is -2.54. The molecule has 0 aromatic carbocycles. The number of hydrogen-bond donors (Lipinski definition) is 2. The van der Waals surface area contributed by atoms with Gasteiger partial charge in [0.25, 0.3) is 0 Å². The van der Waals surface area contributed by atoms with Crippen LogP contribution in [0.1, 0.15) is 53.4 Å². The summed E-state index contributed by atoms with van der Waals surface area (Å²) in [6.45, 7) is 9.63. The summed E-state index contributed by atoms with van der Waals surface area (Å²) in [7, 11) is 0. The number of rotatable bonds is 6. The molecule has 0 bridgehead atoms. The van der Waals surface area contributed by atoms with E-state index in [2.05, 4.69) is 17.6 Å². The SMILES string of the molecule is CC(C)(C)OC(=O)NCC(C)(NCC1CC1)C1CC1. The molecule has 2 aliphatic carbocycles. The minimum absolute atomic E-state index is 0.0273. The molecule has 2 aliphatic rings. The van der Waals surface area contributed by atoms with Crippen molar-refractivity contribution in [1.29, 1.82) is 0 Å². The molecule has 2 fully saturated rings. The van der Waals surface area contributed by atoms with Gasteiger partial charge in [-0.2, -0.15) is 0 Å². The number of carbonyl (C=O) groups excluding carboxylic acids is 1. The van der Waals surface area contributed by atoms with Crippen LogP contribution in [0.15, 0.2) is 0 Å². The van der Waals surface area contributed by atoms with Crippen molar-refractivity contribution in [3.63, 3.8) is 0 Å². The van der Waals surface area contributed by atoms with Gasteiger partial charge in [0.05, 0.1) is 0 Å². The first-order chi connectivity index (χ1) is 8.78. The first kappa shape index (κ1) is 14.6. The summed E-state index contributed by atoms with van der Waals surface area (Å²) in [6, 6.07) is 0. The Morgan fingerprint density at radius 2 is 1.79 bits per heavy atom. The lowest BCUT2D eigenvalue weighted by Gasteiger charge is -2.32. The number of nitrogens with one attached hydrogen (secondary N) is 2. The van der Waals surface area contributed by atoms with Crippen LogP contribution in [0.25, 0.3) is 0 Å². The highest BCUT2D eigenvalue weighted by molar-refractivity contribution is 5.67. The van der Waals surface area contributed by atoms with Gasteiger partial charge in [0.2, 0.25) is 0 Å². The molecule has 0 heterocycles.